The molecule has 0 bridgehead atoms. The van der Waals surface area contributed by atoms with Crippen molar-refractivity contribution in [1.29, 1.82) is 0 Å². The molecular formula is C23H31FN7O6PS. The molecule has 4 rings (SSSR count). The second kappa shape index (κ2) is 11.7. The van der Waals surface area contributed by atoms with Crippen molar-refractivity contribution in [2.75, 3.05) is 37.3 Å². The Bertz CT molecular complexity index is 1360. The highest BCUT2D eigenvalue weighted by Gasteiger charge is 2.56. The Morgan fingerprint density at radius 2 is 2.10 bits per heavy atom. The maximum absolute atomic E-state index is 15.9. The van der Waals surface area contributed by atoms with Crippen LogP contribution in [0, 0.1) is 0 Å². The first kappa shape index (κ1) is 29.2. The number of nitrogens with zero attached hydrogens (tertiary/aromatic N) is 4. The maximum Gasteiger partial charge on any atom is 0.323 e. The number of ether oxygens (including phenoxy) is 2. The van der Waals surface area contributed by atoms with Gasteiger partial charge in [-0.15, -0.1) is 11.8 Å². The molecule has 6 atom stereocenters. The van der Waals surface area contributed by atoms with E-state index in [-0.39, 0.29) is 17.1 Å². The quantitative estimate of drug-likeness (QED) is 0.147. The van der Waals surface area contributed by atoms with E-state index >= 15 is 4.39 Å². The number of hydrogen-bond acceptors (Lipinski definition) is 12. The molecule has 39 heavy (non-hydrogen) atoms. The van der Waals surface area contributed by atoms with E-state index in [9.17, 15) is 14.5 Å². The highest BCUT2D eigenvalue weighted by molar-refractivity contribution is 8.04. The van der Waals surface area contributed by atoms with Crippen molar-refractivity contribution in [1.82, 2.24) is 24.6 Å². The Hall–Kier alpha value is -2.81. The number of nitrogen functional groups attached to an aromatic ring is 1. The van der Waals surface area contributed by atoms with Crippen LogP contribution >= 0.6 is 19.3 Å². The van der Waals surface area contributed by atoms with Gasteiger partial charge in [-0.3, -0.25) is 13.9 Å². The Morgan fingerprint density at radius 3 is 2.77 bits per heavy atom. The molecule has 13 nitrogen and oxygen atoms in total. The fourth-order valence-corrected chi connectivity index (χ4v) is 7.52. The molecular weight excluding hydrogens is 552 g/mol. The van der Waals surface area contributed by atoms with Gasteiger partial charge in [0, 0.05) is 11.9 Å². The summed E-state index contributed by atoms with van der Waals surface area (Å²) in [6.45, 7) is 2.23. The molecule has 0 aliphatic carbocycles. The lowest BCUT2D eigenvalue weighted by Gasteiger charge is -2.25. The van der Waals surface area contributed by atoms with Crippen molar-refractivity contribution >= 4 is 48.2 Å². The summed E-state index contributed by atoms with van der Waals surface area (Å²) in [6, 6.07) is 8.25. The number of aliphatic hydroxyl groups excluding tert-OH is 1. The number of fused-ring (bicyclic) bond motifs is 1. The number of thioether (sulfide) groups is 1. The molecule has 212 valence electrons. The van der Waals surface area contributed by atoms with Crippen LogP contribution in [0.4, 0.5) is 16.2 Å². The van der Waals surface area contributed by atoms with E-state index in [1.165, 1.54) is 43.6 Å². The number of benzene rings is 1. The van der Waals surface area contributed by atoms with Crippen LogP contribution in [-0.4, -0.2) is 80.8 Å². The number of hydrogen-bond donors (Lipinski definition) is 4. The zero-order valence-corrected chi connectivity index (χ0v) is 23.5. The Morgan fingerprint density at radius 1 is 1.38 bits per heavy atom. The number of rotatable bonds is 11. The SMILES string of the molecule is CNc1nc(N)nc2c1ncn2[C@@H]1O[C@H](COP(=O)(CSc2ccccc2)N[C@@H](C)C(=O)OC)[C@@H](O)[C@@]1(C)F. The number of nitrogens with two attached hydrogens (primary N) is 1. The first-order valence-electron chi connectivity index (χ1n) is 12.0. The Balaban J connectivity index is 1.54. The van der Waals surface area contributed by atoms with Crippen LogP contribution < -0.4 is 16.1 Å². The summed E-state index contributed by atoms with van der Waals surface area (Å²) < 4.78 is 47.4. The number of imidazole rings is 1. The number of carbonyl (C=O) groups is 1. The van der Waals surface area contributed by atoms with Crippen LogP contribution in [0.25, 0.3) is 11.2 Å². The molecule has 1 unspecified atom stereocenters. The molecule has 0 saturated carbocycles. The normalized spacial score (nSPS) is 25.3. The van der Waals surface area contributed by atoms with E-state index in [1.807, 2.05) is 30.3 Å². The molecule has 1 aliphatic heterocycles. The topological polar surface area (TPSA) is 176 Å². The fourth-order valence-electron chi connectivity index (χ4n) is 4.14. The average molecular weight is 584 g/mol. The van der Waals surface area contributed by atoms with Gasteiger partial charge in [-0.05, 0) is 26.0 Å². The summed E-state index contributed by atoms with van der Waals surface area (Å²) >= 11 is 1.25. The van der Waals surface area contributed by atoms with Gasteiger partial charge in [0.05, 0.1) is 25.5 Å². The van der Waals surface area contributed by atoms with E-state index < -0.39 is 50.2 Å². The molecule has 0 radical (unpaired) electrons. The minimum atomic E-state index is -3.73. The average Bonchev–Trinajstić information content (AvgIpc) is 3.43. The predicted octanol–water partition coefficient (Wildman–Crippen LogP) is 2.55. The van der Waals surface area contributed by atoms with Gasteiger partial charge < -0.3 is 30.2 Å². The van der Waals surface area contributed by atoms with Gasteiger partial charge in [0.2, 0.25) is 5.95 Å². The highest BCUT2D eigenvalue weighted by Crippen LogP contribution is 2.50. The number of aromatic nitrogens is 4. The molecule has 16 heteroatoms. The van der Waals surface area contributed by atoms with E-state index in [4.69, 9.17) is 19.7 Å². The third-order valence-electron chi connectivity index (χ3n) is 6.18. The minimum Gasteiger partial charge on any atom is -0.468 e. The monoisotopic (exact) mass is 583 g/mol. The summed E-state index contributed by atoms with van der Waals surface area (Å²) in [5.74, 6) is -0.348. The molecule has 5 N–H and O–H groups in total. The third-order valence-corrected chi connectivity index (χ3v) is 10.0. The van der Waals surface area contributed by atoms with E-state index in [0.717, 1.165) is 4.90 Å². The van der Waals surface area contributed by atoms with Crippen molar-refractivity contribution in [3.63, 3.8) is 0 Å². The van der Waals surface area contributed by atoms with E-state index in [0.29, 0.717) is 11.3 Å². The summed E-state index contributed by atoms with van der Waals surface area (Å²) in [4.78, 5) is 25.3. The third kappa shape index (κ3) is 6.18. The van der Waals surface area contributed by atoms with Gasteiger partial charge in [0.1, 0.15) is 18.2 Å². The van der Waals surface area contributed by atoms with E-state index in [2.05, 4.69) is 25.4 Å². The van der Waals surface area contributed by atoms with Crippen LogP contribution in [-0.2, 0) is 23.4 Å². The smallest absolute Gasteiger partial charge is 0.323 e. The number of nitrogens with one attached hydrogen (secondary N) is 2. The van der Waals surface area contributed by atoms with Crippen molar-refractivity contribution in [3.05, 3.63) is 36.7 Å². The molecule has 0 amide bonds. The van der Waals surface area contributed by atoms with Crippen molar-refractivity contribution in [2.24, 2.45) is 0 Å². The van der Waals surface area contributed by atoms with Crippen molar-refractivity contribution in [3.8, 4) is 0 Å². The molecule has 1 aromatic carbocycles. The zero-order chi connectivity index (χ0) is 28.4. The minimum absolute atomic E-state index is 0.0490. The standard InChI is InChI=1S/C23H31FN7O6PS/c1-13(20(33)35-4)30-38(34,12-39-14-8-6-5-7-9-14)36-10-15-17(32)23(2,24)21(37-15)31-11-27-16-18(26-3)28-22(25)29-19(16)31/h5-9,11,13,15,17,21,32H,10,12H2,1-4H3,(H,30,34)(H3,25,26,28,29)/t13-,15+,17+,21+,23+,38?/m0/s1. The predicted molar refractivity (Wildman–Crippen MR) is 144 cm³/mol. The molecule has 1 saturated heterocycles. The maximum atomic E-state index is 15.9. The number of halogens is 1. The van der Waals surface area contributed by atoms with E-state index in [1.54, 1.807) is 7.05 Å². The molecule has 1 aliphatic rings. The summed E-state index contributed by atoms with van der Waals surface area (Å²) in [6.07, 6.45) is -2.91. The number of esters is 1. The fraction of sp³-hybridized carbons (Fsp3) is 0.478. The largest absolute Gasteiger partial charge is 0.468 e. The number of aliphatic hydroxyl groups is 1. The van der Waals surface area contributed by atoms with Crippen molar-refractivity contribution in [2.45, 2.75) is 48.9 Å². The van der Waals surface area contributed by atoms with Gasteiger partial charge in [0.15, 0.2) is 28.9 Å². The first-order chi connectivity index (χ1) is 18.5. The van der Waals surface area contributed by atoms with Crippen LogP contribution in [0.3, 0.4) is 0 Å². The van der Waals surface area contributed by atoms with Gasteiger partial charge >= 0.3 is 5.97 Å². The van der Waals surface area contributed by atoms with Gasteiger partial charge in [-0.25, -0.2) is 14.5 Å². The highest BCUT2D eigenvalue weighted by atomic mass is 32.2. The molecule has 3 aromatic rings. The Kier molecular flexibility index (Phi) is 8.78. The van der Waals surface area contributed by atoms with Crippen molar-refractivity contribution < 1.29 is 32.9 Å². The van der Waals surface area contributed by atoms with Gasteiger partial charge in [-0.2, -0.15) is 9.97 Å². The molecule has 3 heterocycles. The van der Waals surface area contributed by atoms with Crippen LogP contribution in [0.2, 0.25) is 0 Å². The van der Waals surface area contributed by atoms with Crippen LogP contribution in [0.1, 0.15) is 20.1 Å². The number of methoxy groups -OCH3 is 1. The van der Waals surface area contributed by atoms with Crippen LogP contribution in [0.15, 0.2) is 41.6 Å². The second-order valence-electron chi connectivity index (χ2n) is 9.06. The number of carbonyl (C=O) groups excluding carboxylic acids is 1. The summed E-state index contributed by atoms with van der Waals surface area (Å²) in [5, 5.41) is 16.4. The molecule has 1 fully saturated rings. The zero-order valence-electron chi connectivity index (χ0n) is 21.8. The summed E-state index contributed by atoms with van der Waals surface area (Å²) in [7, 11) is -0.884. The first-order valence-corrected chi connectivity index (χ1v) is 14.8. The number of alkyl halides is 1. The molecule has 0 spiro atoms. The van der Waals surface area contributed by atoms with Gasteiger partial charge in [-0.1, -0.05) is 18.2 Å². The lowest BCUT2D eigenvalue weighted by atomic mass is 9.98. The second-order valence-corrected chi connectivity index (χ2v) is 12.7. The lowest BCUT2D eigenvalue weighted by Crippen LogP contribution is -2.41. The number of anilines is 2. The van der Waals surface area contributed by atoms with Gasteiger partial charge in [0.25, 0.3) is 7.52 Å². The Labute approximate surface area is 228 Å². The summed E-state index contributed by atoms with van der Waals surface area (Å²) in [5.41, 5.74) is 3.99. The van der Waals surface area contributed by atoms with Crippen LogP contribution in [0.5, 0.6) is 0 Å². The molecule has 2 aromatic heterocycles. The lowest BCUT2D eigenvalue weighted by molar-refractivity contribution is -0.142.